The van der Waals surface area contributed by atoms with Gasteiger partial charge in [0.25, 0.3) is 0 Å². The van der Waals surface area contributed by atoms with Gasteiger partial charge in [-0.25, -0.2) is 0 Å². The van der Waals surface area contributed by atoms with Crippen LogP contribution in [0.4, 0.5) is 0 Å². The first-order valence-corrected chi connectivity index (χ1v) is 3.16. The predicted molar refractivity (Wildman–Crippen MR) is 26.5 cm³/mol. The monoisotopic (exact) mass is 197 g/mol. The van der Waals surface area contributed by atoms with E-state index < -0.39 is 0 Å². The molecule has 0 unspecified atom stereocenters. The third-order valence-electron chi connectivity index (χ3n) is 1.05. The molecule has 0 fully saturated rings. The molecule has 3 heteroatoms. The molecule has 0 saturated heterocycles. The second-order valence-corrected chi connectivity index (χ2v) is 2.82. The smallest absolute Gasteiger partial charge is 1.00 e. The van der Waals surface area contributed by atoms with Crippen LogP contribution in [0.5, 0.6) is 0 Å². The van der Waals surface area contributed by atoms with Gasteiger partial charge in [0.05, 0.1) is 0 Å². The Balaban J connectivity index is 0. The standard InChI is InChI=1S/C6H7.2ClH.Ti/c1-6-4-2-3-5-6;;;/h4-5H,2H2,1H3;2*1H;/q;;;+2/p-2. The summed E-state index contributed by atoms with van der Waals surface area (Å²) in [6.45, 7) is 2.14. The molecule has 0 heterocycles. The zero-order chi connectivity index (χ0) is 5.28. The Morgan fingerprint density at radius 1 is 1.44 bits per heavy atom. The zero-order valence-electron chi connectivity index (χ0n) is 5.12. The van der Waals surface area contributed by atoms with Crippen LogP contribution in [0.1, 0.15) is 13.3 Å². The molecule has 0 aromatic carbocycles. The van der Waals surface area contributed by atoms with Crippen LogP contribution in [0.15, 0.2) is 21.6 Å². The summed E-state index contributed by atoms with van der Waals surface area (Å²) in [5.41, 5.74) is 1.41. The molecule has 0 aromatic rings. The first-order chi connectivity index (χ1) is 3.29. The van der Waals surface area contributed by atoms with E-state index in [9.17, 15) is 0 Å². The van der Waals surface area contributed by atoms with E-state index in [1.165, 1.54) is 15.9 Å². The second-order valence-electron chi connectivity index (χ2n) is 1.82. The molecule has 0 bridgehead atoms. The molecule has 0 saturated carbocycles. The van der Waals surface area contributed by atoms with Crippen LogP contribution in [0.3, 0.4) is 0 Å². The van der Waals surface area contributed by atoms with Crippen LogP contribution in [-0.4, -0.2) is 0 Å². The van der Waals surface area contributed by atoms with Crippen LogP contribution in [-0.2, 0) is 20.4 Å². The van der Waals surface area contributed by atoms with Crippen LogP contribution >= 0.6 is 0 Å². The Bertz CT molecular complexity index is 138. The van der Waals surface area contributed by atoms with Gasteiger partial charge in [0.2, 0.25) is 0 Å². The molecule has 0 amide bonds. The van der Waals surface area contributed by atoms with Crippen molar-refractivity contribution in [3.8, 4) is 0 Å². The summed E-state index contributed by atoms with van der Waals surface area (Å²) >= 11 is 2.16. The number of hydrogen-bond donors (Lipinski definition) is 0. The Morgan fingerprint density at radius 3 is 2.11 bits per heavy atom. The summed E-state index contributed by atoms with van der Waals surface area (Å²) in [6, 6.07) is 0. The zero-order valence-corrected chi connectivity index (χ0v) is 8.19. The summed E-state index contributed by atoms with van der Waals surface area (Å²) in [4.78, 5) is 0. The van der Waals surface area contributed by atoms with Gasteiger partial charge >= 0.3 is 55.4 Å². The van der Waals surface area contributed by atoms with Crippen molar-refractivity contribution < 1.29 is 45.2 Å². The number of hydrogen-bond acceptors (Lipinski definition) is 0. The molecule has 0 aliphatic heterocycles. The average Bonchev–Trinajstić information content (AvgIpc) is 1.87. The van der Waals surface area contributed by atoms with Crippen molar-refractivity contribution in [1.82, 2.24) is 0 Å². The molecule has 9 heavy (non-hydrogen) atoms. The SMILES string of the molecule is CC1=CC[C]([Ti+2])=C1.[Cl-].[Cl-]. The van der Waals surface area contributed by atoms with Gasteiger partial charge in [-0.3, -0.25) is 0 Å². The van der Waals surface area contributed by atoms with Crippen molar-refractivity contribution in [2.45, 2.75) is 13.3 Å². The fourth-order valence-electron chi connectivity index (χ4n) is 0.664. The second kappa shape index (κ2) is 5.55. The van der Waals surface area contributed by atoms with E-state index in [0.717, 1.165) is 0 Å². The molecular formula is C6H7Cl2Ti. The van der Waals surface area contributed by atoms with Crippen molar-refractivity contribution >= 4 is 0 Å². The van der Waals surface area contributed by atoms with Crippen molar-refractivity contribution in [2.24, 2.45) is 0 Å². The molecule has 0 N–H and O–H groups in total. The normalized spacial score (nSPS) is 15.0. The van der Waals surface area contributed by atoms with E-state index in [1.54, 1.807) is 0 Å². The number of halogens is 2. The van der Waals surface area contributed by atoms with Gasteiger partial charge in [-0.15, -0.1) is 0 Å². The van der Waals surface area contributed by atoms with Crippen LogP contribution in [0, 0.1) is 0 Å². The molecule has 0 atom stereocenters. The molecule has 1 aliphatic rings. The van der Waals surface area contributed by atoms with E-state index in [0.29, 0.717) is 0 Å². The molecule has 1 rings (SSSR count). The van der Waals surface area contributed by atoms with Gasteiger partial charge in [-0.1, -0.05) is 0 Å². The van der Waals surface area contributed by atoms with Gasteiger partial charge in [0.15, 0.2) is 0 Å². The van der Waals surface area contributed by atoms with E-state index in [4.69, 9.17) is 0 Å². The summed E-state index contributed by atoms with van der Waals surface area (Å²) in [6.07, 6.45) is 5.64. The van der Waals surface area contributed by atoms with E-state index >= 15 is 0 Å². The third-order valence-corrected chi connectivity index (χ3v) is 1.59. The third kappa shape index (κ3) is 4.21. The van der Waals surface area contributed by atoms with E-state index in [-0.39, 0.29) is 24.8 Å². The summed E-state index contributed by atoms with van der Waals surface area (Å²) in [7, 11) is 0. The number of allylic oxidation sites excluding steroid dienone is 4. The van der Waals surface area contributed by atoms with Crippen molar-refractivity contribution in [1.29, 1.82) is 0 Å². The summed E-state index contributed by atoms with van der Waals surface area (Å²) in [5.74, 6) is 0. The molecule has 0 radical (unpaired) electrons. The fraction of sp³-hybridized carbons (Fsp3) is 0.333. The molecule has 0 spiro atoms. The maximum atomic E-state index is 2.25. The molecular weight excluding hydrogens is 191 g/mol. The first-order valence-electron chi connectivity index (χ1n) is 2.38. The van der Waals surface area contributed by atoms with Gasteiger partial charge in [-0.05, 0) is 0 Å². The molecule has 49 valence electrons. The Kier molecular flexibility index (Phi) is 7.68. The van der Waals surface area contributed by atoms with Crippen LogP contribution in [0.25, 0.3) is 0 Å². The summed E-state index contributed by atoms with van der Waals surface area (Å²) in [5, 5.41) is 0. The summed E-state index contributed by atoms with van der Waals surface area (Å²) < 4.78 is 1.48. The Morgan fingerprint density at radius 2 is 2.00 bits per heavy atom. The van der Waals surface area contributed by atoms with Gasteiger partial charge < -0.3 is 24.8 Å². The average molecular weight is 198 g/mol. The maximum Gasteiger partial charge on any atom is -1.00 e. The van der Waals surface area contributed by atoms with Crippen molar-refractivity contribution in [3.05, 3.63) is 21.6 Å². The topological polar surface area (TPSA) is 0 Å². The maximum absolute atomic E-state index is 2.25. The molecule has 0 nitrogen and oxygen atoms in total. The minimum absolute atomic E-state index is 0. The van der Waals surface area contributed by atoms with Crippen LogP contribution < -0.4 is 24.8 Å². The largest absolute Gasteiger partial charge is 1.00 e. The molecule has 1 aliphatic carbocycles. The van der Waals surface area contributed by atoms with Gasteiger partial charge in [0.1, 0.15) is 0 Å². The van der Waals surface area contributed by atoms with E-state index in [1.807, 2.05) is 0 Å². The minimum Gasteiger partial charge on any atom is -1.00 e. The van der Waals surface area contributed by atoms with Crippen molar-refractivity contribution in [2.75, 3.05) is 0 Å². The van der Waals surface area contributed by atoms with E-state index in [2.05, 4.69) is 39.5 Å². The quantitative estimate of drug-likeness (QED) is 0.346. The fourth-order valence-corrected chi connectivity index (χ4v) is 1.18. The Hall–Kier alpha value is 0.774. The van der Waals surface area contributed by atoms with Crippen molar-refractivity contribution in [3.63, 3.8) is 0 Å². The van der Waals surface area contributed by atoms with Gasteiger partial charge in [-0.2, -0.15) is 0 Å². The molecule has 0 aromatic heterocycles. The first kappa shape index (κ1) is 12.5. The Labute approximate surface area is 80.0 Å². The minimum atomic E-state index is 0. The van der Waals surface area contributed by atoms with Gasteiger partial charge in [0, 0.05) is 0 Å². The predicted octanol–water partition coefficient (Wildman–Crippen LogP) is -4.22. The van der Waals surface area contributed by atoms with Crippen LogP contribution in [0.2, 0.25) is 0 Å². The number of rotatable bonds is 0.